The van der Waals surface area contributed by atoms with Crippen molar-refractivity contribution in [1.29, 1.82) is 0 Å². The first-order chi connectivity index (χ1) is 8.15. The molecule has 0 saturated carbocycles. The average Bonchev–Trinajstić information content (AvgIpc) is 2.72. The Labute approximate surface area is 97.5 Å². The van der Waals surface area contributed by atoms with Crippen LogP contribution in [0.4, 0.5) is 5.82 Å². The Morgan fingerprint density at radius 3 is 2.82 bits per heavy atom. The minimum absolute atomic E-state index is 0.0844. The number of hydrogen-bond donors (Lipinski definition) is 3. The van der Waals surface area contributed by atoms with E-state index >= 15 is 0 Å². The van der Waals surface area contributed by atoms with Crippen molar-refractivity contribution in [2.45, 2.75) is 18.8 Å². The molecule has 1 aromatic rings. The Morgan fingerprint density at radius 2 is 2.29 bits per heavy atom. The molecule has 2 heterocycles. The smallest absolute Gasteiger partial charge is 0.351 e. The van der Waals surface area contributed by atoms with Gasteiger partial charge >= 0.3 is 5.69 Å². The van der Waals surface area contributed by atoms with Crippen LogP contribution in [0, 0.1) is 5.92 Å². The van der Waals surface area contributed by atoms with Gasteiger partial charge in [0.25, 0.3) is 0 Å². The standard InChI is InChI=1S/C10H15N3O4/c11-8-1-2-13(10(16)12-8)9-3-6(4-14)7(5-15)17-9/h1-2,6-7,9,14-15H,3-5H2,(H2,11,12,16)/t6-,7-,9-/m0/s1. The van der Waals surface area contributed by atoms with Crippen molar-refractivity contribution in [2.75, 3.05) is 18.9 Å². The maximum Gasteiger partial charge on any atom is 0.351 e. The summed E-state index contributed by atoms with van der Waals surface area (Å²) in [6.07, 6.45) is 1.01. The SMILES string of the molecule is Nc1ccn([C@@H]2C[C@@H](CO)[C@H](CO)O2)c(=O)n1. The summed E-state index contributed by atoms with van der Waals surface area (Å²) in [5, 5.41) is 18.2. The van der Waals surface area contributed by atoms with E-state index in [1.807, 2.05) is 0 Å². The molecule has 1 aliphatic heterocycles. The molecule has 3 atom stereocenters. The summed E-state index contributed by atoms with van der Waals surface area (Å²) in [5.41, 5.74) is 4.89. The molecule has 4 N–H and O–H groups in total. The number of nitrogen functional groups attached to an aromatic ring is 1. The van der Waals surface area contributed by atoms with Crippen molar-refractivity contribution in [1.82, 2.24) is 9.55 Å². The predicted molar refractivity (Wildman–Crippen MR) is 59.1 cm³/mol. The van der Waals surface area contributed by atoms with Crippen molar-refractivity contribution in [3.8, 4) is 0 Å². The highest BCUT2D eigenvalue weighted by Gasteiger charge is 2.35. The second-order valence-corrected chi connectivity index (χ2v) is 4.03. The third-order valence-electron chi connectivity index (χ3n) is 2.94. The molecule has 0 spiro atoms. The van der Waals surface area contributed by atoms with E-state index in [9.17, 15) is 4.79 Å². The molecular formula is C10H15N3O4. The number of anilines is 1. The van der Waals surface area contributed by atoms with E-state index in [-0.39, 0.29) is 24.9 Å². The molecule has 94 valence electrons. The lowest BCUT2D eigenvalue weighted by Crippen LogP contribution is -2.27. The molecule has 0 bridgehead atoms. The largest absolute Gasteiger partial charge is 0.396 e. The van der Waals surface area contributed by atoms with Crippen LogP contribution in [-0.2, 0) is 4.74 Å². The molecule has 0 aromatic carbocycles. The number of aliphatic hydroxyl groups excluding tert-OH is 2. The van der Waals surface area contributed by atoms with Crippen molar-refractivity contribution in [3.05, 3.63) is 22.7 Å². The first-order valence-electron chi connectivity index (χ1n) is 5.37. The zero-order valence-corrected chi connectivity index (χ0v) is 9.19. The first kappa shape index (κ1) is 12.0. The van der Waals surface area contributed by atoms with Gasteiger partial charge in [-0.25, -0.2) is 4.79 Å². The summed E-state index contributed by atoms with van der Waals surface area (Å²) in [6.45, 7) is -0.266. The van der Waals surface area contributed by atoms with Gasteiger partial charge in [-0.2, -0.15) is 4.98 Å². The van der Waals surface area contributed by atoms with Crippen LogP contribution in [-0.4, -0.2) is 39.1 Å². The zero-order chi connectivity index (χ0) is 12.4. The van der Waals surface area contributed by atoms with E-state index in [0.29, 0.717) is 6.42 Å². The van der Waals surface area contributed by atoms with E-state index < -0.39 is 18.0 Å². The van der Waals surface area contributed by atoms with Crippen molar-refractivity contribution in [2.24, 2.45) is 5.92 Å². The van der Waals surface area contributed by atoms with Gasteiger partial charge in [0.2, 0.25) is 0 Å². The van der Waals surface area contributed by atoms with Crippen molar-refractivity contribution in [3.63, 3.8) is 0 Å². The summed E-state index contributed by atoms with van der Waals surface area (Å²) in [7, 11) is 0. The van der Waals surface area contributed by atoms with Crippen LogP contribution in [0.25, 0.3) is 0 Å². The van der Waals surface area contributed by atoms with Gasteiger partial charge in [0.15, 0.2) is 0 Å². The van der Waals surface area contributed by atoms with Gasteiger partial charge < -0.3 is 20.7 Å². The lowest BCUT2D eigenvalue weighted by atomic mass is 10.0. The average molecular weight is 241 g/mol. The normalized spacial score (nSPS) is 28.5. The van der Waals surface area contributed by atoms with Crippen LogP contribution in [0.15, 0.2) is 17.1 Å². The number of ether oxygens (including phenoxy) is 1. The monoisotopic (exact) mass is 241 g/mol. The van der Waals surface area contributed by atoms with Gasteiger partial charge in [0.05, 0.1) is 12.7 Å². The second kappa shape index (κ2) is 4.82. The second-order valence-electron chi connectivity index (χ2n) is 4.03. The summed E-state index contributed by atoms with van der Waals surface area (Å²) in [4.78, 5) is 15.2. The topological polar surface area (TPSA) is 111 Å². The number of hydrogen-bond acceptors (Lipinski definition) is 6. The fourth-order valence-corrected chi connectivity index (χ4v) is 1.99. The van der Waals surface area contributed by atoms with Gasteiger partial charge in [-0.05, 0) is 6.07 Å². The lowest BCUT2D eigenvalue weighted by Gasteiger charge is -2.14. The summed E-state index contributed by atoms with van der Waals surface area (Å²) < 4.78 is 6.81. The van der Waals surface area contributed by atoms with Gasteiger partial charge in [0, 0.05) is 25.1 Å². The molecule has 0 unspecified atom stereocenters. The molecule has 0 radical (unpaired) electrons. The molecule has 7 heteroatoms. The van der Waals surface area contributed by atoms with E-state index in [4.69, 9.17) is 20.7 Å². The van der Waals surface area contributed by atoms with Crippen LogP contribution in [0.5, 0.6) is 0 Å². The minimum Gasteiger partial charge on any atom is -0.396 e. The number of nitrogens with zero attached hydrogens (tertiary/aromatic N) is 2. The Kier molecular flexibility index (Phi) is 3.41. The predicted octanol–water partition coefficient (Wildman–Crippen LogP) is -1.29. The lowest BCUT2D eigenvalue weighted by molar-refractivity contribution is -0.0365. The van der Waals surface area contributed by atoms with Gasteiger partial charge in [-0.15, -0.1) is 0 Å². The molecule has 0 amide bonds. The Bertz CT molecular complexity index is 435. The molecule has 0 aliphatic carbocycles. The summed E-state index contributed by atoms with van der Waals surface area (Å²) in [5.74, 6) is -0.0175. The van der Waals surface area contributed by atoms with Gasteiger partial charge in [0.1, 0.15) is 12.0 Å². The molecular weight excluding hydrogens is 226 g/mol. The molecule has 1 aliphatic rings. The summed E-state index contributed by atoms with van der Waals surface area (Å²) in [6, 6.07) is 1.50. The van der Waals surface area contributed by atoms with E-state index in [1.54, 1.807) is 0 Å². The summed E-state index contributed by atoms with van der Waals surface area (Å²) >= 11 is 0. The Morgan fingerprint density at radius 1 is 1.53 bits per heavy atom. The fraction of sp³-hybridized carbons (Fsp3) is 0.600. The number of nitrogens with two attached hydrogens (primary N) is 1. The first-order valence-corrected chi connectivity index (χ1v) is 5.37. The highest BCUT2D eigenvalue weighted by atomic mass is 16.5. The zero-order valence-electron chi connectivity index (χ0n) is 9.19. The number of rotatable bonds is 3. The van der Waals surface area contributed by atoms with E-state index in [2.05, 4.69) is 4.98 Å². The van der Waals surface area contributed by atoms with Crippen LogP contribution < -0.4 is 11.4 Å². The van der Waals surface area contributed by atoms with Gasteiger partial charge in [-0.1, -0.05) is 0 Å². The molecule has 2 rings (SSSR count). The maximum atomic E-state index is 11.6. The molecule has 17 heavy (non-hydrogen) atoms. The number of aliphatic hydroxyl groups is 2. The molecule has 1 aromatic heterocycles. The Hall–Kier alpha value is -1.44. The highest BCUT2D eigenvalue weighted by molar-refractivity contribution is 5.23. The van der Waals surface area contributed by atoms with Crippen LogP contribution >= 0.6 is 0 Å². The highest BCUT2D eigenvalue weighted by Crippen LogP contribution is 2.31. The third kappa shape index (κ3) is 2.31. The maximum absolute atomic E-state index is 11.6. The van der Waals surface area contributed by atoms with Crippen LogP contribution in [0.1, 0.15) is 12.6 Å². The minimum atomic E-state index is -0.509. The molecule has 1 fully saturated rings. The molecule has 7 nitrogen and oxygen atoms in total. The van der Waals surface area contributed by atoms with Crippen LogP contribution in [0.2, 0.25) is 0 Å². The van der Waals surface area contributed by atoms with Crippen molar-refractivity contribution < 1.29 is 14.9 Å². The van der Waals surface area contributed by atoms with Gasteiger partial charge in [-0.3, -0.25) is 4.57 Å². The van der Waals surface area contributed by atoms with E-state index in [0.717, 1.165) is 0 Å². The third-order valence-corrected chi connectivity index (χ3v) is 2.94. The van der Waals surface area contributed by atoms with Crippen LogP contribution in [0.3, 0.4) is 0 Å². The quantitative estimate of drug-likeness (QED) is 0.607. The Balaban J connectivity index is 2.22. The van der Waals surface area contributed by atoms with Crippen molar-refractivity contribution >= 4 is 5.82 Å². The fourth-order valence-electron chi connectivity index (χ4n) is 1.99. The molecule has 1 saturated heterocycles. The number of aromatic nitrogens is 2. The van der Waals surface area contributed by atoms with E-state index in [1.165, 1.54) is 16.8 Å².